The van der Waals surface area contributed by atoms with E-state index in [0.717, 1.165) is 10.8 Å². The van der Waals surface area contributed by atoms with Gasteiger partial charge in [0, 0.05) is 17.3 Å². The monoisotopic (exact) mass is 291 g/mol. The van der Waals surface area contributed by atoms with Crippen LogP contribution in [0, 0.1) is 0 Å². The van der Waals surface area contributed by atoms with Crippen LogP contribution in [0.2, 0.25) is 0 Å². The molecule has 0 fully saturated rings. The highest BCUT2D eigenvalue weighted by Gasteiger charge is 2.08. The number of fused-ring (bicyclic) bond motifs is 1. The van der Waals surface area contributed by atoms with E-state index in [-0.39, 0.29) is 24.6 Å². The van der Waals surface area contributed by atoms with E-state index in [1.165, 1.54) is 11.8 Å². The van der Waals surface area contributed by atoms with Gasteiger partial charge in [0.1, 0.15) is 5.03 Å². The van der Waals surface area contributed by atoms with Crippen molar-refractivity contribution in [2.24, 2.45) is 0 Å². The first-order chi connectivity index (χ1) is 9.66. The fourth-order valence-electron chi connectivity index (χ4n) is 1.60. The van der Waals surface area contributed by atoms with Gasteiger partial charge in [-0.25, -0.2) is 0 Å². The van der Waals surface area contributed by atoms with Crippen molar-refractivity contribution < 1.29 is 14.7 Å². The molecule has 20 heavy (non-hydrogen) atoms. The summed E-state index contributed by atoms with van der Waals surface area (Å²) in [6.45, 7) is 0.135. The van der Waals surface area contributed by atoms with Crippen LogP contribution in [-0.2, 0) is 9.59 Å². The number of carboxylic acid groups (broad SMARTS) is 1. The van der Waals surface area contributed by atoms with Crippen LogP contribution >= 0.6 is 11.8 Å². The maximum atomic E-state index is 11.6. The lowest BCUT2D eigenvalue weighted by atomic mass is 10.2. The van der Waals surface area contributed by atoms with Crippen molar-refractivity contribution in [1.82, 2.24) is 15.5 Å². The third-order valence-corrected chi connectivity index (χ3v) is 3.52. The van der Waals surface area contributed by atoms with Gasteiger partial charge in [0.15, 0.2) is 0 Å². The van der Waals surface area contributed by atoms with Crippen LogP contribution in [0.1, 0.15) is 6.42 Å². The van der Waals surface area contributed by atoms with E-state index in [2.05, 4.69) is 15.5 Å². The average Bonchev–Trinajstić information content (AvgIpc) is 2.44. The molecule has 1 aromatic heterocycles. The van der Waals surface area contributed by atoms with Gasteiger partial charge in [0.2, 0.25) is 5.91 Å². The molecule has 1 heterocycles. The molecule has 0 aliphatic rings. The van der Waals surface area contributed by atoms with Crippen molar-refractivity contribution in [2.45, 2.75) is 11.4 Å². The molecule has 2 rings (SSSR count). The number of aliphatic carboxylic acids is 1. The second kappa shape index (κ2) is 6.85. The summed E-state index contributed by atoms with van der Waals surface area (Å²) in [7, 11) is 0. The number of carbonyl (C=O) groups excluding carboxylic acids is 1. The highest BCUT2D eigenvalue weighted by Crippen LogP contribution is 2.24. The number of hydrogen-bond acceptors (Lipinski definition) is 5. The van der Waals surface area contributed by atoms with Crippen LogP contribution in [0.4, 0.5) is 0 Å². The molecule has 1 aromatic carbocycles. The second-order valence-corrected chi connectivity index (χ2v) is 4.98. The molecular weight excluding hydrogens is 278 g/mol. The predicted molar refractivity (Wildman–Crippen MR) is 75.5 cm³/mol. The highest BCUT2D eigenvalue weighted by atomic mass is 32.2. The van der Waals surface area contributed by atoms with Gasteiger partial charge >= 0.3 is 5.97 Å². The Hall–Kier alpha value is -2.15. The van der Waals surface area contributed by atoms with Gasteiger partial charge in [-0.2, -0.15) is 5.10 Å². The minimum absolute atomic E-state index is 0.0789. The van der Waals surface area contributed by atoms with Gasteiger partial charge in [-0.1, -0.05) is 36.0 Å². The quantitative estimate of drug-likeness (QED) is 0.780. The molecule has 0 saturated heterocycles. The molecule has 6 nitrogen and oxygen atoms in total. The smallest absolute Gasteiger partial charge is 0.305 e. The third-order valence-electron chi connectivity index (χ3n) is 2.54. The molecule has 7 heteroatoms. The summed E-state index contributed by atoms with van der Waals surface area (Å²) in [5.74, 6) is -0.966. The second-order valence-electron chi connectivity index (χ2n) is 4.02. The largest absolute Gasteiger partial charge is 0.481 e. The average molecular weight is 291 g/mol. The number of carboxylic acids is 1. The molecule has 0 aliphatic carbocycles. The first-order valence-corrected chi connectivity index (χ1v) is 6.97. The Bertz CT molecular complexity index is 628. The van der Waals surface area contributed by atoms with E-state index >= 15 is 0 Å². The van der Waals surface area contributed by atoms with Gasteiger partial charge in [0.25, 0.3) is 0 Å². The lowest BCUT2D eigenvalue weighted by Crippen LogP contribution is -2.27. The van der Waals surface area contributed by atoms with E-state index in [1.54, 1.807) is 6.20 Å². The summed E-state index contributed by atoms with van der Waals surface area (Å²) in [6, 6.07) is 7.67. The molecule has 1 amide bonds. The molecule has 104 valence electrons. The van der Waals surface area contributed by atoms with Gasteiger partial charge in [-0.05, 0) is 0 Å². The van der Waals surface area contributed by atoms with Crippen molar-refractivity contribution in [1.29, 1.82) is 0 Å². The molecule has 2 N–H and O–H groups in total. The standard InChI is InChI=1S/C13H13N3O3S/c17-11(14-6-5-12(18)19)8-20-13-10-4-2-1-3-9(10)7-15-16-13/h1-4,7H,5-6,8H2,(H,14,17)(H,18,19). The fourth-order valence-corrected chi connectivity index (χ4v) is 2.42. The van der Waals surface area contributed by atoms with Crippen LogP contribution in [0.25, 0.3) is 10.8 Å². The van der Waals surface area contributed by atoms with E-state index < -0.39 is 5.97 Å². The van der Waals surface area contributed by atoms with Crippen molar-refractivity contribution >= 4 is 34.4 Å². The Morgan fingerprint density at radius 3 is 2.90 bits per heavy atom. The number of aromatic nitrogens is 2. The Kier molecular flexibility index (Phi) is 4.89. The fraction of sp³-hybridized carbons (Fsp3) is 0.231. The Labute approximate surface area is 119 Å². The van der Waals surface area contributed by atoms with E-state index in [1.807, 2.05) is 24.3 Å². The summed E-state index contributed by atoms with van der Waals surface area (Å²) in [5.41, 5.74) is 0. The summed E-state index contributed by atoms with van der Waals surface area (Å²) >= 11 is 1.28. The van der Waals surface area contributed by atoms with Crippen molar-refractivity contribution in [3.63, 3.8) is 0 Å². The highest BCUT2D eigenvalue weighted by molar-refractivity contribution is 8.00. The topological polar surface area (TPSA) is 92.2 Å². The number of hydrogen-bond donors (Lipinski definition) is 2. The summed E-state index contributed by atoms with van der Waals surface area (Å²) < 4.78 is 0. The van der Waals surface area contributed by atoms with E-state index in [9.17, 15) is 9.59 Å². The van der Waals surface area contributed by atoms with Gasteiger partial charge in [-0.15, -0.1) is 5.10 Å². The molecule has 2 aromatic rings. The molecule has 0 saturated carbocycles. The predicted octanol–water partition coefficient (Wildman–Crippen LogP) is 1.31. The number of amides is 1. The Balaban J connectivity index is 1.92. The molecule has 0 aliphatic heterocycles. The zero-order valence-electron chi connectivity index (χ0n) is 10.6. The summed E-state index contributed by atoms with van der Waals surface area (Å²) in [5, 5.41) is 21.6. The lowest BCUT2D eigenvalue weighted by molar-refractivity contribution is -0.136. The maximum absolute atomic E-state index is 11.6. The van der Waals surface area contributed by atoms with Crippen molar-refractivity contribution in [3.05, 3.63) is 30.5 Å². The molecule has 0 radical (unpaired) electrons. The lowest BCUT2D eigenvalue weighted by Gasteiger charge is -2.05. The van der Waals surface area contributed by atoms with Gasteiger partial charge < -0.3 is 10.4 Å². The van der Waals surface area contributed by atoms with Crippen LogP contribution in [-0.4, -0.2) is 39.5 Å². The van der Waals surface area contributed by atoms with Crippen LogP contribution < -0.4 is 5.32 Å². The number of nitrogens with one attached hydrogen (secondary N) is 1. The number of carbonyl (C=O) groups is 2. The maximum Gasteiger partial charge on any atom is 0.305 e. The van der Waals surface area contributed by atoms with Gasteiger partial charge in [0.05, 0.1) is 18.4 Å². The third kappa shape index (κ3) is 3.92. The minimum atomic E-state index is -0.933. The molecular formula is C13H13N3O3S. The van der Waals surface area contributed by atoms with E-state index in [0.29, 0.717) is 5.03 Å². The SMILES string of the molecule is O=C(O)CCNC(=O)CSc1nncc2ccccc12. The molecule has 0 spiro atoms. The molecule has 0 bridgehead atoms. The Morgan fingerprint density at radius 2 is 2.10 bits per heavy atom. The number of nitrogens with zero attached hydrogens (tertiary/aromatic N) is 2. The van der Waals surface area contributed by atoms with Crippen LogP contribution in [0.3, 0.4) is 0 Å². The number of benzene rings is 1. The van der Waals surface area contributed by atoms with Gasteiger partial charge in [-0.3, -0.25) is 9.59 Å². The Morgan fingerprint density at radius 1 is 1.30 bits per heavy atom. The van der Waals surface area contributed by atoms with Crippen LogP contribution in [0.15, 0.2) is 35.5 Å². The van der Waals surface area contributed by atoms with Crippen molar-refractivity contribution in [3.8, 4) is 0 Å². The number of thioether (sulfide) groups is 1. The van der Waals surface area contributed by atoms with Crippen molar-refractivity contribution in [2.75, 3.05) is 12.3 Å². The zero-order chi connectivity index (χ0) is 14.4. The molecule has 0 unspecified atom stereocenters. The summed E-state index contributed by atoms with van der Waals surface area (Å²) in [4.78, 5) is 21.9. The molecule has 0 atom stereocenters. The number of rotatable bonds is 6. The summed E-state index contributed by atoms with van der Waals surface area (Å²) in [6.07, 6.45) is 1.59. The van der Waals surface area contributed by atoms with E-state index in [4.69, 9.17) is 5.11 Å². The first kappa shape index (κ1) is 14.3. The normalized spacial score (nSPS) is 10.4. The minimum Gasteiger partial charge on any atom is -0.481 e. The first-order valence-electron chi connectivity index (χ1n) is 5.98. The zero-order valence-corrected chi connectivity index (χ0v) is 11.4. The van der Waals surface area contributed by atoms with Crippen LogP contribution in [0.5, 0.6) is 0 Å².